The maximum atomic E-state index is 11.5. The van der Waals surface area contributed by atoms with Gasteiger partial charge in [0.2, 0.25) is 11.8 Å². The number of anilines is 1. The van der Waals surface area contributed by atoms with Crippen LogP contribution in [0.2, 0.25) is 0 Å². The number of rotatable bonds is 4. The van der Waals surface area contributed by atoms with E-state index in [4.69, 9.17) is 0 Å². The van der Waals surface area contributed by atoms with Crippen LogP contribution in [0, 0.1) is 0 Å². The van der Waals surface area contributed by atoms with Crippen molar-refractivity contribution >= 4 is 40.1 Å². The van der Waals surface area contributed by atoms with E-state index in [9.17, 15) is 9.59 Å². The van der Waals surface area contributed by atoms with E-state index in [0.29, 0.717) is 17.3 Å². The van der Waals surface area contributed by atoms with E-state index in [-0.39, 0.29) is 11.8 Å². The van der Waals surface area contributed by atoms with Gasteiger partial charge in [0, 0.05) is 19.2 Å². The van der Waals surface area contributed by atoms with E-state index < -0.39 is 0 Å². The molecule has 2 rings (SSSR count). The Hall–Kier alpha value is -1.82. The monoisotopic (exact) mass is 291 g/mol. The molecule has 2 amide bonds. The third-order valence-electron chi connectivity index (χ3n) is 2.84. The van der Waals surface area contributed by atoms with Crippen molar-refractivity contribution in [2.75, 3.05) is 18.1 Å². The Kier molecular flexibility index (Phi) is 4.79. The molecule has 0 bridgehead atoms. The standard InChI is InChI=1S/C14H17N3O2S/c1-3-4-12(18)15-10-5-7-11(8-6-10)16-14-17(2)13(19)9-20-14/h5-8H,3-4,9H2,1-2H3,(H,15,18). The van der Waals surface area contributed by atoms with Gasteiger partial charge in [-0.15, -0.1) is 0 Å². The predicted octanol–water partition coefficient (Wildman–Crippen LogP) is 2.62. The van der Waals surface area contributed by atoms with Crippen LogP contribution >= 0.6 is 11.8 Å². The van der Waals surface area contributed by atoms with Crippen molar-refractivity contribution in [1.82, 2.24) is 4.90 Å². The van der Waals surface area contributed by atoms with Gasteiger partial charge in [0.05, 0.1) is 11.4 Å². The molecule has 0 radical (unpaired) electrons. The Morgan fingerprint density at radius 1 is 1.40 bits per heavy atom. The number of amidine groups is 1. The summed E-state index contributed by atoms with van der Waals surface area (Å²) in [4.78, 5) is 28.8. The van der Waals surface area contributed by atoms with Crippen LogP contribution in [0.5, 0.6) is 0 Å². The van der Waals surface area contributed by atoms with Crippen LogP contribution in [-0.4, -0.2) is 34.7 Å². The van der Waals surface area contributed by atoms with Crippen molar-refractivity contribution in [3.05, 3.63) is 24.3 Å². The third kappa shape index (κ3) is 3.60. The van der Waals surface area contributed by atoms with Gasteiger partial charge in [-0.2, -0.15) is 0 Å². The summed E-state index contributed by atoms with van der Waals surface area (Å²) in [6, 6.07) is 7.28. The number of hydrogen-bond donors (Lipinski definition) is 1. The number of nitrogens with zero attached hydrogens (tertiary/aromatic N) is 2. The summed E-state index contributed by atoms with van der Waals surface area (Å²) < 4.78 is 0. The summed E-state index contributed by atoms with van der Waals surface area (Å²) in [5, 5.41) is 3.53. The number of aliphatic imine (C=N–C) groups is 1. The molecule has 0 spiro atoms. The molecule has 1 saturated heterocycles. The zero-order valence-corrected chi connectivity index (χ0v) is 12.4. The summed E-state index contributed by atoms with van der Waals surface area (Å²) in [6.45, 7) is 1.97. The molecule has 1 heterocycles. The fraction of sp³-hybridized carbons (Fsp3) is 0.357. The minimum absolute atomic E-state index is 0.0169. The Morgan fingerprint density at radius 3 is 2.65 bits per heavy atom. The molecular weight excluding hydrogens is 274 g/mol. The van der Waals surface area contributed by atoms with E-state index in [1.807, 2.05) is 31.2 Å². The number of carbonyl (C=O) groups is 2. The van der Waals surface area contributed by atoms with Gasteiger partial charge in [-0.25, -0.2) is 4.99 Å². The van der Waals surface area contributed by atoms with Gasteiger partial charge in [-0.1, -0.05) is 18.7 Å². The van der Waals surface area contributed by atoms with Crippen LogP contribution in [0.25, 0.3) is 0 Å². The average Bonchev–Trinajstić information content (AvgIpc) is 2.73. The molecule has 1 aliphatic heterocycles. The van der Waals surface area contributed by atoms with Gasteiger partial charge >= 0.3 is 0 Å². The van der Waals surface area contributed by atoms with E-state index in [2.05, 4.69) is 10.3 Å². The Bertz CT molecular complexity index is 540. The Morgan fingerprint density at radius 2 is 2.10 bits per heavy atom. The normalized spacial score (nSPS) is 16.8. The predicted molar refractivity (Wildman–Crippen MR) is 82.3 cm³/mol. The van der Waals surface area contributed by atoms with Crippen molar-refractivity contribution in [2.24, 2.45) is 4.99 Å². The maximum Gasteiger partial charge on any atom is 0.238 e. The van der Waals surface area contributed by atoms with Gasteiger partial charge in [0.25, 0.3) is 0 Å². The van der Waals surface area contributed by atoms with Crippen molar-refractivity contribution in [3.8, 4) is 0 Å². The van der Waals surface area contributed by atoms with Crippen LogP contribution in [0.3, 0.4) is 0 Å². The molecule has 1 fully saturated rings. The highest BCUT2D eigenvalue weighted by atomic mass is 32.2. The van der Waals surface area contributed by atoms with Gasteiger partial charge in [-0.05, 0) is 30.7 Å². The summed E-state index contributed by atoms with van der Waals surface area (Å²) >= 11 is 1.43. The molecule has 106 valence electrons. The molecule has 0 atom stereocenters. The van der Waals surface area contributed by atoms with Crippen LogP contribution in [0.15, 0.2) is 29.3 Å². The average molecular weight is 291 g/mol. The van der Waals surface area contributed by atoms with Gasteiger partial charge < -0.3 is 5.32 Å². The highest BCUT2D eigenvalue weighted by Gasteiger charge is 2.24. The van der Waals surface area contributed by atoms with Crippen molar-refractivity contribution in [1.29, 1.82) is 0 Å². The second-order valence-corrected chi connectivity index (χ2v) is 5.42. The number of amides is 2. The summed E-state index contributed by atoms with van der Waals surface area (Å²) in [5.41, 5.74) is 1.53. The quantitative estimate of drug-likeness (QED) is 0.927. The van der Waals surface area contributed by atoms with E-state index in [1.165, 1.54) is 11.8 Å². The topological polar surface area (TPSA) is 61.8 Å². The van der Waals surface area contributed by atoms with Gasteiger partial charge in [0.15, 0.2) is 5.17 Å². The molecule has 0 saturated carbocycles. The highest BCUT2D eigenvalue weighted by Crippen LogP contribution is 2.23. The third-order valence-corrected chi connectivity index (χ3v) is 3.85. The van der Waals surface area contributed by atoms with E-state index in [1.54, 1.807) is 11.9 Å². The molecule has 0 aromatic heterocycles. The molecular formula is C14H17N3O2S. The van der Waals surface area contributed by atoms with Crippen molar-refractivity contribution in [3.63, 3.8) is 0 Å². The lowest BCUT2D eigenvalue weighted by atomic mass is 10.2. The number of carbonyl (C=O) groups excluding carboxylic acids is 2. The molecule has 0 aliphatic carbocycles. The number of nitrogens with one attached hydrogen (secondary N) is 1. The number of benzene rings is 1. The second kappa shape index (κ2) is 6.56. The lowest BCUT2D eigenvalue weighted by Gasteiger charge is -2.08. The van der Waals surface area contributed by atoms with Crippen LogP contribution in [-0.2, 0) is 9.59 Å². The first-order valence-corrected chi connectivity index (χ1v) is 7.46. The maximum absolute atomic E-state index is 11.5. The summed E-state index contributed by atoms with van der Waals surface area (Å²) in [5.74, 6) is 0.529. The zero-order valence-electron chi connectivity index (χ0n) is 11.5. The van der Waals surface area contributed by atoms with E-state index >= 15 is 0 Å². The molecule has 1 N–H and O–H groups in total. The first-order valence-electron chi connectivity index (χ1n) is 6.48. The smallest absolute Gasteiger partial charge is 0.238 e. The lowest BCUT2D eigenvalue weighted by Crippen LogP contribution is -2.24. The number of hydrogen-bond acceptors (Lipinski definition) is 4. The number of thioether (sulfide) groups is 1. The molecule has 0 unspecified atom stereocenters. The molecule has 5 nitrogen and oxygen atoms in total. The SMILES string of the molecule is CCCC(=O)Nc1ccc(N=C2SCC(=O)N2C)cc1. The molecule has 20 heavy (non-hydrogen) atoms. The van der Waals surface area contributed by atoms with Crippen molar-refractivity contribution < 1.29 is 9.59 Å². The summed E-state index contributed by atoms with van der Waals surface area (Å²) in [6.07, 6.45) is 1.35. The summed E-state index contributed by atoms with van der Waals surface area (Å²) in [7, 11) is 1.72. The van der Waals surface area contributed by atoms with Crippen molar-refractivity contribution in [2.45, 2.75) is 19.8 Å². The molecule has 1 aromatic carbocycles. The van der Waals surface area contributed by atoms with Gasteiger partial charge in [0.1, 0.15) is 0 Å². The highest BCUT2D eigenvalue weighted by molar-refractivity contribution is 8.15. The van der Waals surface area contributed by atoms with Crippen LogP contribution < -0.4 is 5.32 Å². The Balaban J connectivity index is 2.03. The molecule has 1 aromatic rings. The van der Waals surface area contributed by atoms with Crippen LogP contribution in [0.4, 0.5) is 11.4 Å². The Labute approximate surface area is 122 Å². The first kappa shape index (κ1) is 14.6. The minimum Gasteiger partial charge on any atom is -0.326 e. The van der Waals surface area contributed by atoms with Gasteiger partial charge in [-0.3, -0.25) is 14.5 Å². The zero-order chi connectivity index (χ0) is 14.5. The second-order valence-electron chi connectivity index (χ2n) is 4.48. The minimum atomic E-state index is 0.0169. The van der Waals surface area contributed by atoms with E-state index in [0.717, 1.165) is 17.8 Å². The largest absolute Gasteiger partial charge is 0.326 e. The van der Waals surface area contributed by atoms with Crippen LogP contribution in [0.1, 0.15) is 19.8 Å². The fourth-order valence-electron chi connectivity index (χ4n) is 1.71. The first-order chi connectivity index (χ1) is 9.60. The molecule has 1 aliphatic rings. The fourth-order valence-corrected chi connectivity index (χ4v) is 2.63. The molecule has 6 heteroatoms. The lowest BCUT2D eigenvalue weighted by molar-refractivity contribution is -0.123.